The molecule has 1 aromatic heterocycles. The third-order valence-electron chi connectivity index (χ3n) is 4.80. The summed E-state index contributed by atoms with van der Waals surface area (Å²) in [6.45, 7) is 4.48. The minimum Gasteiger partial charge on any atom is -0.496 e. The van der Waals surface area contributed by atoms with Gasteiger partial charge in [-0.1, -0.05) is 12.1 Å². The molecule has 1 fully saturated rings. The maximum absolute atomic E-state index is 12.7. The second kappa shape index (κ2) is 8.08. The number of aromatic nitrogens is 1. The maximum Gasteiger partial charge on any atom is 0.255 e. The molecule has 0 aliphatic carbocycles. The van der Waals surface area contributed by atoms with Crippen LogP contribution in [0, 0.1) is 6.92 Å². The van der Waals surface area contributed by atoms with E-state index in [1.165, 1.54) is 0 Å². The molecule has 138 valence electrons. The Morgan fingerprint density at radius 3 is 2.58 bits per heavy atom. The topological polar surface area (TPSA) is 65.6 Å². The fraction of sp³-hybridized carbons (Fsp3) is 0.400. The quantitative estimate of drug-likeness (QED) is 0.915. The Bertz CT molecular complexity index is 771. The molecule has 1 aromatic carbocycles. The van der Waals surface area contributed by atoms with Gasteiger partial charge in [0.05, 0.1) is 19.1 Å². The monoisotopic (exact) mass is 355 g/mol. The van der Waals surface area contributed by atoms with Gasteiger partial charge in [0.2, 0.25) is 5.91 Å². The number of amides is 2. The van der Waals surface area contributed by atoms with Gasteiger partial charge in [0.25, 0.3) is 5.91 Å². The highest BCUT2D eigenvalue weighted by Crippen LogP contribution is 2.19. The molecule has 0 unspecified atom stereocenters. The molecular weight excluding hydrogens is 330 g/mol. The molecule has 0 bridgehead atoms. The van der Waals surface area contributed by atoms with Gasteiger partial charge in [-0.3, -0.25) is 9.59 Å². The number of methoxy groups -OCH3 is 1. The minimum absolute atomic E-state index is 0.0197. The first-order chi connectivity index (χ1) is 12.6. The molecular formula is C20H25N3O3. The summed E-state index contributed by atoms with van der Waals surface area (Å²) in [5, 5.41) is 0. The second-order valence-electron chi connectivity index (χ2n) is 6.61. The molecule has 2 heterocycles. The first-order valence-corrected chi connectivity index (χ1v) is 8.92. The van der Waals surface area contributed by atoms with E-state index in [2.05, 4.69) is 4.98 Å². The predicted molar refractivity (Wildman–Crippen MR) is 99.3 cm³/mol. The van der Waals surface area contributed by atoms with Crippen LogP contribution < -0.4 is 4.74 Å². The standard InChI is InChI=1S/C20H25N3O3/c1-15-12-16(4-5-18(15)26-2)13-19(24)22-8-3-9-23(11-10-22)20(25)17-6-7-21-14-17/h4-7,12,14,21H,3,8-11,13H2,1-2H3. The number of ether oxygens (including phenoxy) is 1. The molecule has 0 radical (unpaired) electrons. The molecule has 0 saturated carbocycles. The van der Waals surface area contributed by atoms with Gasteiger partial charge in [0.15, 0.2) is 0 Å². The number of hydrogen-bond donors (Lipinski definition) is 1. The summed E-state index contributed by atoms with van der Waals surface area (Å²) in [6.07, 6.45) is 4.63. The first-order valence-electron chi connectivity index (χ1n) is 8.92. The highest BCUT2D eigenvalue weighted by atomic mass is 16.5. The van der Waals surface area contributed by atoms with Crippen LogP contribution in [0.4, 0.5) is 0 Å². The van der Waals surface area contributed by atoms with Crippen molar-refractivity contribution in [3.63, 3.8) is 0 Å². The molecule has 0 atom stereocenters. The van der Waals surface area contributed by atoms with Crippen molar-refractivity contribution in [3.8, 4) is 5.75 Å². The summed E-state index contributed by atoms with van der Waals surface area (Å²) in [5.41, 5.74) is 2.67. The normalized spacial score (nSPS) is 14.8. The highest BCUT2D eigenvalue weighted by Gasteiger charge is 2.23. The van der Waals surface area contributed by atoms with Crippen LogP contribution in [0.5, 0.6) is 5.75 Å². The lowest BCUT2D eigenvalue weighted by molar-refractivity contribution is -0.130. The van der Waals surface area contributed by atoms with E-state index in [-0.39, 0.29) is 11.8 Å². The predicted octanol–water partition coefficient (Wildman–Crippen LogP) is 2.25. The number of carbonyl (C=O) groups is 2. The smallest absolute Gasteiger partial charge is 0.255 e. The Labute approximate surface area is 153 Å². The molecule has 3 rings (SSSR count). The van der Waals surface area contributed by atoms with E-state index in [1.54, 1.807) is 25.6 Å². The Kier molecular flexibility index (Phi) is 5.61. The van der Waals surface area contributed by atoms with E-state index < -0.39 is 0 Å². The number of H-pyrrole nitrogens is 1. The van der Waals surface area contributed by atoms with Gasteiger partial charge in [-0.05, 0) is 36.6 Å². The molecule has 6 nitrogen and oxygen atoms in total. The van der Waals surface area contributed by atoms with Crippen molar-refractivity contribution in [1.82, 2.24) is 14.8 Å². The largest absolute Gasteiger partial charge is 0.496 e. The summed E-state index contributed by atoms with van der Waals surface area (Å²) >= 11 is 0. The number of rotatable bonds is 4. The molecule has 1 N–H and O–H groups in total. The Morgan fingerprint density at radius 1 is 1.12 bits per heavy atom. The van der Waals surface area contributed by atoms with E-state index in [4.69, 9.17) is 4.74 Å². The van der Waals surface area contributed by atoms with Crippen molar-refractivity contribution in [1.29, 1.82) is 0 Å². The van der Waals surface area contributed by atoms with Crippen LogP contribution in [0.3, 0.4) is 0 Å². The zero-order valence-corrected chi connectivity index (χ0v) is 15.3. The van der Waals surface area contributed by atoms with E-state index in [0.717, 1.165) is 23.3 Å². The summed E-state index contributed by atoms with van der Waals surface area (Å²) in [6, 6.07) is 7.61. The SMILES string of the molecule is COc1ccc(CC(=O)N2CCCN(C(=O)c3cc[nH]c3)CC2)cc1C. The zero-order chi connectivity index (χ0) is 18.5. The summed E-state index contributed by atoms with van der Waals surface area (Å²) in [5.74, 6) is 0.951. The average Bonchev–Trinajstić information content (AvgIpc) is 3.05. The molecule has 1 aliphatic heterocycles. The number of benzene rings is 1. The second-order valence-corrected chi connectivity index (χ2v) is 6.61. The lowest BCUT2D eigenvalue weighted by Crippen LogP contribution is -2.37. The highest BCUT2D eigenvalue weighted by molar-refractivity contribution is 5.94. The number of hydrogen-bond acceptors (Lipinski definition) is 3. The number of aryl methyl sites for hydroxylation is 1. The molecule has 2 amide bonds. The minimum atomic E-state index is 0.0197. The zero-order valence-electron chi connectivity index (χ0n) is 15.3. The lowest BCUT2D eigenvalue weighted by atomic mass is 10.1. The van der Waals surface area contributed by atoms with Crippen LogP contribution >= 0.6 is 0 Å². The van der Waals surface area contributed by atoms with Crippen molar-refractivity contribution >= 4 is 11.8 Å². The molecule has 26 heavy (non-hydrogen) atoms. The van der Waals surface area contributed by atoms with Gasteiger partial charge in [0, 0.05) is 38.6 Å². The van der Waals surface area contributed by atoms with Crippen LogP contribution in [0.15, 0.2) is 36.7 Å². The fourth-order valence-corrected chi connectivity index (χ4v) is 3.35. The molecule has 2 aromatic rings. The summed E-state index contributed by atoms with van der Waals surface area (Å²) in [7, 11) is 1.64. The fourth-order valence-electron chi connectivity index (χ4n) is 3.35. The molecule has 6 heteroatoms. The van der Waals surface area contributed by atoms with E-state index in [0.29, 0.717) is 38.2 Å². The van der Waals surface area contributed by atoms with Crippen molar-refractivity contribution in [2.24, 2.45) is 0 Å². The van der Waals surface area contributed by atoms with Gasteiger partial charge < -0.3 is 19.5 Å². The lowest BCUT2D eigenvalue weighted by Gasteiger charge is -2.22. The number of nitrogens with zero attached hydrogens (tertiary/aromatic N) is 2. The third-order valence-corrected chi connectivity index (χ3v) is 4.80. The summed E-state index contributed by atoms with van der Waals surface area (Å²) in [4.78, 5) is 31.8. The number of carbonyl (C=O) groups excluding carboxylic acids is 2. The Morgan fingerprint density at radius 2 is 1.88 bits per heavy atom. The van der Waals surface area contributed by atoms with Crippen LogP contribution in [0.1, 0.15) is 27.9 Å². The molecule has 1 aliphatic rings. The van der Waals surface area contributed by atoms with Crippen molar-refractivity contribution in [3.05, 3.63) is 53.3 Å². The average molecular weight is 355 g/mol. The number of aromatic amines is 1. The molecule has 0 spiro atoms. The van der Waals surface area contributed by atoms with Crippen molar-refractivity contribution < 1.29 is 14.3 Å². The van der Waals surface area contributed by atoms with Crippen LogP contribution in [-0.4, -0.2) is 59.9 Å². The first kappa shape index (κ1) is 18.0. The number of nitrogens with one attached hydrogen (secondary N) is 1. The Balaban J connectivity index is 1.59. The van der Waals surface area contributed by atoms with Crippen molar-refractivity contribution in [2.75, 3.05) is 33.3 Å². The van der Waals surface area contributed by atoms with Gasteiger partial charge in [-0.2, -0.15) is 0 Å². The molecule has 1 saturated heterocycles. The Hall–Kier alpha value is -2.76. The third kappa shape index (κ3) is 4.07. The summed E-state index contributed by atoms with van der Waals surface area (Å²) < 4.78 is 5.27. The maximum atomic E-state index is 12.7. The van der Waals surface area contributed by atoms with Gasteiger partial charge in [-0.25, -0.2) is 0 Å². The van der Waals surface area contributed by atoms with Crippen LogP contribution in [0.2, 0.25) is 0 Å². The van der Waals surface area contributed by atoms with Gasteiger partial charge in [-0.15, -0.1) is 0 Å². The van der Waals surface area contributed by atoms with Crippen molar-refractivity contribution in [2.45, 2.75) is 19.8 Å². The van der Waals surface area contributed by atoms with Crippen LogP contribution in [0.25, 0.3) is 0 Å². The van der Waals surface area contributed by atoms with E-state index in [1.807, 2.05) is 34.9 Å². The van der Waals surface area contributed by atoms with Gasteiger partial charge in [0.1, 0.15) is 5.75 Å². The van der Waals surface area contributed by atoms with Gasteiger partial charge >= 0.3 is 0 Å². The van der Waals surface area contributed by atoms with E-state index >= 15 is 0 Å². The van der Waals surface area contributed by atoms with E-state index in [9.17, 15) is 9.59 Å². The van der Waals surface area contributed by atoms with Crippen LogP contribution in [-0.2, 0) is 11.2 Å².